The second kappa shape index (κ2) is 6.21. The standard InChI is InChI=1S/C20H22N2O2/c1-15-2-6-18(7-3-15)22-11-9-21(10-12-22)14-17-5-4-16-8-13-24-20(16)19(17)23/h2-8,13,23H,9-12,14H2,1H3. The van der Waals surface area contributed by atoms with Crippen LogP contribution in [0.4, 0.5) is 5.69 Å². The molecule has 0 bridgehead atoms. The number of phenols is 1. The van der Waals surface area contributed by atoms with Crippen LogP contribution in [0.2, 0.25) is 0 Å². The smallest absolute Gasteiger partial charge is 0.175 e. The van der Waals surface area contributed by atoms with Gasteiger partial charge in [-0.1, -0.05) is 29.8 Å². The summed E-state index contributed by atoms with van der Waals surface area (Å²) in [7, 11) is 0. The lowest BCUT2D eigenvalue weighted by Crippen LogP contribution is -2.45. The molecule has 1 saturated heterocycles. The van der Waals surface area contributed by atoms with E-state index in [9.17, 15) is 5.11 Å². The third-order valence-electron chi connectivity index (χ3n) is 4.84. The molecule has 0 unspecified atom stereocenters. The number of aromatic hydroxyl groups is 1. The highest BCUT2D eigenvalue weighted by Gasteiger charge is 2.19. The number of nitrogens with zero attached hydrogens (tertiary/aromatic N) is 2. The Morgan fingerprint density at radius 3 is 2.46 bits per heavy atom. The highest BCUT2D eigenvalue weighted by atomic mass is 16.3. The molecule has 1 fully saturated rings. The first-order valence-electron chi connectivity index (χ1n) is 8.43. The molecular weight excluding hydrogens is 300 g/mol. The molecule has 2 aromatic carbocycles. The zero-order valence-electron chi connectivity index (χ0n) is 13.9. The number of hydrogen-bond donors (Lipinski definition) is 1. The Balaban J connectivity index is 1.42. The molecule has 0 spiro atoms. The molecule has 1 aliphatic rings. The average Bonchev–Trinajstić information content (AvgIpc) is 3.08. The van der Waals surface area contributed by atoms with E-state index in [-0.39, 0.29) is 5.75 Å². The maximum absolute atomic E-state index is 10.4. The summed E-state index contributed by atoms with van der Waals surface area (Å²) in [5, 5.41) is 11.3. The van der Waals surface area contributed by atoms with Gasteiger partial charge < -0.3 is 14.4 Å². The van der Waals surface area contributed by atoms with E-state index in [1.807, 2.05) is 18.2 Å². The van der Waals surface area contributed by atoms with Gasteiger partial charge in [0.15, 0.2) is 11.3 Å². The van der Waals surface area contributed by atoms with Gasteiger partial charge >= 0.3 is 0 Å². The molecular formula is C20H22N2O2. The molecule has 0 aliphatic carbocycles. The quantitative estimate of drug-likeness (QED) is 0.797. The predicted octanol–water partition coefficient (Wildman–Crippen LogP) is 3.77. The molecule has 1 aromatic heterocycles. The van der Waals surface area contributed by atoms with Gasteiger partial charge in [-0.05, 0) is 25.1 Å². The summed E-state index contributed by atoms with van der Waals surface area (Å²) in [5.41, 5.74) is 4.10. The van der Waals surface area contributed by atoms with E-state index in [0.29, 0.717) is 5.58 Å². The Kier molecular flexibility index (Phi) is 3.90. The van der Waals surface area contributed by atoms with Gasteiger partial charge in [-0.3, -0.25) is 4.90 Å². The number of fused-ring (bicyclic) bond motifs is 1. The molecule has 1 N–H and O–H groups in total. The molecule has 24 heavy (non-hydrogen) atoms. The summed E-state index contributed by atoms with van der Waals surface area (Å²) in [6, 6.07) is 14.6. The number of benzene rings is 2. The van der Waals surface area contributed by atoms with Crippen molar-refractivity contribution in [1.29, 1.82) is 0 Å². The summed E-state index contributed by atoms with van der Waals surface area (Å²) in [6.07, 6.45) is 1.62. The van der Waals surface area contributed by atoms with Crippen LogP contribution < -0.4 is 4.90 Å². The van der Waals surface area contributed by atoms with E-state index in [1.54, 1.807) is 6.26 Å². The number of hydrogen-bond acceptors (Lipinski definition) is 4. The zero-order valence-corrected chi connectivity index (χ0v) is 13.9. The maximum Gasteiger partial charge on any atom is 0.175 e. The van der Waals surface area contributed by atoms with Crippen LogP contribution in [0.25, 0.3) is 11.0 Å². The van der Waals surface area contributed by atoms with Crippen LogP contribution in [-0.4, -0.2) is 36.2 Å². The topological polar surface area (TPSA) is 39.9 Å². The molecule has 0 radical (unpaired) electrons. The highest BCUT2D eigenvalue weighted by Crippen LogP contribution is 2.30. The van der Waals surface area contributed by atoms with Gasteiger partial charge in [0.1, 0.15) is 0 Å². The van der Waals surface area contributed by atoms with Crippen LogP contribution in [0.1, 0.15) is 11.1 Å². The number of rotatable bonds is 3. The van der Waals surface area contributed by atoms with Crippen molar-refractivity contribution in [1.82, 2.24) is 4.90 Å². The summed E-state index contributed by atoms with van der Waals surface area (Å²) in [6.45, 7) is 6.86. The van der Waals surface area contributed by atoms with E-state index >= 15 is 0 Å². The lowest BCUT2D eigenvalue weighted by atomic mass is 10.1. The summed E-state index contributed by atoms with van der Waals surface area (Å²) < 4.78 is 5.39. The highest BCUT2D eigenvalue weighted by molar-refractivity contribution is 5.84. The van der Waals surface area contributed by atoms with Crippen LogP contribution in [0.5, 0.6) is 5.75 Å². The molecule has 1 aliphatic heterocycles. The van der Waals surface area contributed by atoms with E-state index in [1.165, 1.54) is 11.3 Å². The van der Waals surface area contributed by atoms with Crippen molar-refractivity contribution in [2.24, 2.45) is 0 Å². The minimum absolute atomic E-state index is 0.276. The van der Waals surface area contributed by atoms with Gasteiger partial charge in [0, 0.05) is 49.4 Å². The molecule has 0 atom stereocenters. The second-order valence-electron chi connectivity index (χ2n) is 6.51. The normalized spacial score (nSPS) is 16.0. The first kappa shape index (κ1) is 15.1. The van der Waals surface area contributed by atoms with E-state index in [4.69, 9.17) is 4.42 Å². The fourth-order valence-electron chi connectivity index (χ4n) is 3.35. The molecule has 3 aromatic rings. The van der Waals surface area contributed by atoms with Gasteiger partial charge in [0.2, 0.25) is 0 Å². The number of anilines is 1. The Morgan fingerprint density at radius 1 is 0.958 bits per heavy atom. The second-order valence-corrected chi connectivity index (χ2v) is 6.51. The average molecular weight is 322 g/mol. The number of phenolic OH excluding ortho intramolecular Hbond substituents is 1. The molecule has 2 heterocycles. The van der Waals surface area contributed by atoms with E-state index in [0.717, 1.165) is 43.7 Å². The van der Waals surface area contributed by atoms with Gasteiger partial charge in [-0.25, -0.2) is 0 Å². The van der Waals surface area contributed by atoms with Gasteiger partial charge in [-0.15, -0.1) is 0 Å². The van der Waals surface area contributed by atoms with E-state index in [2.05, 4.69) is 41.0 Å². The summed E-state index contributed by atoms with van der Waals surface area (Å²) >= 11 is 0. The number of furan rings is 1. The largest absolute Gasteiger partial charge is 0.504 e. The molecule has 4 nitrogen and oxygen atoms in total. The number of piperazine rings is 1. The lowest BCUT2D eigenvalue weighted by molar-refractivity contribution is 0.247. The fraction of sp³-hybridized carbons (Fsp3) is 0.300. The fourth-order valence-corrected chi connectivity index (χ4v) is 3.35. The van der Waals surface area contributed by atoms with Crippen molar-refractivity contribution < 1.29 is 9.52 Å². The van der Waals surface area contributed by atoms with Crippen LogP contribution in [-0.2, 0) is 6.54 Å². The van der Waals surface area contributed by atoms with Crippen LogP contribution >= 0.6 is 0 Å². The molecule has 0 amide bonds. The molecule has 4 heteroatoms. The van der Waals surface area contributed by atoms with E-state index < -0.39 is 0 Å². The summed E-state index contributed by atoms with van der Waals surface area (Å²) in [4.78, 5) is 4.81. The Morgan fingerprint density at radius 2 is 1.71 bits per heavy atom. The SMILES string of the molecule is Cc1ccc(N2CCN(Cc3ccc4ccoc4c3O)CC2)cc1. The van der Waals surface area contributed by atoms with Crippen molar-refractivity contribution in [3.63, 3.8) is 0 Å². The third-order valence-corrected chi connectivity index (χ3v) is 4.84. The van der Waals surface area contributed by atoms with Crippen LogP contribution in [0.3, 0.4) is 0 Å². The first-order valence-corrected chi connectivity index (χ1v) is 8.43. The van der Waals surface area contributed by atoms with Crippen molar-refractivity contribution >= 4 is 16.7 Å². The van der Waals surface area contributed by atoms with Gasteiger partial charge in [-0.2, -0.15) is 0 Å². The molecule has 124 valence electrons. The maximum atomic E-state index is 10.4. The first-order chi connectivity index (χ1) is 11.7. The number of aryl methyl sites for hydroxylation is 1. The predicted molar refractivity (Wildman–Crippen MR) is 96.5 cm³/mol. The van der Waals surface area contributed by atoms with Crippen molar-refractivity contribution in [2.75, 3.05) is 31.1 Å². The van der Waals surface area contributed by atoms with Crippen LogP contribution in [0.15, 0.2) is 53.1 Å². The lowest BCUT2D eigenvalue weighted by Gasteiger charge is -2.36. The Bertz CT molecular complexity index is 830. The van der Waals surface area contributed by atoms with Crippen molar-refractivity contribution in [3.05, 3.63) is 59.9 Å². The Hall–Kier alpha value is -2.46. The van der Waals surface area contributed by atoms with Crippen molar-refractivity contribution in [3.8, 4) is 5.75 Å². The van der Waals surface area contributed by atoms with Crippen LogP contribution in [0, 0.1) is 6.92 Å². The summed E-state index contributed by atoms with van der Waals surface area (Å²) in [5.74, 6) is 0.276. The molecule has 4 rings (SSSR count). The van der Waals surface area contributed by atoms with Crippen molar-refractivity contribution in [2.45, 2.75) is 13.5 Å². The van der Waals surface area contributed by atoms with Gasteiger partial charge in [0.05, 0.1) is 6.26 Å². The zero-order chi connectivity index (χ0) is 16.5. The monoisotopic (exact) mass is 322 g/mol. The van der Waals surface area contributed by atoms with Gasteiger partial charge in [0.25, 0.3) is 0 Å². The Labute approximate surface area is 141 Å². The molecule has 0 saturated carbocycles. The minimum Gasteiger partial charge on any atom is -0.504 e. The third kappa shape index (κ3) is 2.85. The minimum atomic E-state index is 0.276.